The summed E-state index contributed by atoms with van der Waals surface area (Å²) >= 11 is 1.30. The first-order chi connectivity index (χ1) is 12.6. The van der Waals surface area contributed by atoms with Crippen molar-refractivity contribution in [2.45, 2.75) is 30.3 Å². The van der Waals surface area contributed by atoms with Crippen LogP contribution >= 0.6 is 11.8 Å². The largest absolute Gasteiger partial charge is 0.461 e. The van der Waals surface area contributed by atoms with Crippen LogP contribution in [0.5, 0.6) is 0 Å². The summed E-state index contributed by atoms with van der Waals surface area (Å²) in [4.78, 5) is 14.7. The Labute approximate surface area is 155 Å². The molecule has 1 aliphatic heterocycles. The van der Waals surface area contributed by atoms with Crippen LogP contribution in [-0.4, -0.2) is 37.5 Å². The van der Waals surface area contributed by atoms with Crippen LogP contribution in [0.3, 0.4) is 0 Å². The van der Waals surface area contributed by atoms with Gasteiger partial charge in [-0.2, -0.15) is 0 Å². The Balaban J connectivity index is 1.46. The van der Waals surface area contributed by atoms with E-state index in [-0.39, 0.29) is 11.2 Å². The predicted molar refractivity (Wildman–Crippen MR) is 98.8 cm³/mol. The second kappa shape index (κ2) is 6.87. The molecule has 8 heteroatoms. The van der Waals surface area contributed by atoms with E-state index < -0.39 is 0 Å². The van der Waals surface area contributed by atoms with Crippen LogP contribution in [0.25, 0.3) is 11.6 Å². The Morgan fingerprint density at radius 2 is 2.04 bits per heavy atom. The molecular formula is C18H19N5O2S. The number of fused-ring (bicyclic) bond motifs is 1. The molecule has 1 unspecified atom stereocenters. The molecule has 0 spiro atoms. The lowest BCUT2D eigenvalue weighted by Gasteiger charge is -2.30. The van der Waals surface area contributed by atoms with E-state index >= 15 is 0 Å². The molecule has 0 saturated heterocycles. The van der Waals surface area contributed by atoms with Gasteiger partial charge in [0.25, 0.3) is 0 Å². The lowest BCUT2D eigenvalue weighted by atomic mass is 10.00. The summed E-state index contributed by atoms with van der Waals surface area (Å²) in [5.74, 6) is 7.12. The molecule has 4 rings (SSSR count). The highest BCUT2D eigenvalue weighted by Crippen LogP contribution is 2.27. The van der Waals surface area contributed by atoms with Gasteiger partial charge in [0.05, 0.1) is 11.5 Å². The van der Waals surface area contributed by atoms with E-state index in [9.17, 15) is 4.79 Å². The van der Waals surface area contributed by atoms with Gasteiger partial charge in [-0.25, -0.2) is 4.68 Å². The van der Waals surface area contributed by atoms with Crippen molar-refractivity contribution in [3.8, 4) is 11.6 Å². The third-order valence-electron chi connectivity index (χ3n) is 4.48. The van der Waals surface area contributed by atoms with Gasteiger partial charge in [-0.3, -0.25) is 4.79 Å². The van der Waals surface area contributed by atoms with Crippen molar-refractivity contribution in [1.29, 1.82) is 0 Å². The Morgan fingerprint density at radius 3 is 2.81 bits per heavy atom. The predicted octanol–water partition coefficient (Wildman–Crippen LogP) is 2.32. The third kappa shape index (κ3) is 3.08. The molecule has 0 fully saturated rings. The molecule has 0 radical (unpaired) electrons. The summed E-state index contributed by atoms with van der Waals surface area (Å²) in [6.07, 6.45) is 2.44. The van der Waals surface area contributed by atoms with Crippen molar-refractivity contribution in [2.75, 3.05) is 12.4 Å². The number of carbonyl (C=O) groups excluding carboxylic acids is 1. The third-order valence-corrected chi connectivity index (χ3v) is 5.52. The standard InChI is InChI=1S/C18H19N5O2S/c1-12(17(24)22-9-8-13-5-2-3-6-14(13)11-22)26-18-21-20-16(23(18)19)15-7-4-10-25-15/h2-7,10,12H,8-9,11,19H2,1H3. The van der Waals surface area contributed by atoms with Crippen LogP contribution in [0.1, 0.15) is 18.1 Å². The summed E-state index contributed by atoms with van der Waals surface area (Å²) in [6.45, 7) is 3.25. The first-order valence-electron chi connectivity index (χ1n) is 8.40. The Morgan fingerprint density at radius 1 is 1.23 bits per heavy atom. The smallest absolute Gasteiger partial charge is 0.236 e. The van der Waals surface area contributed by atoms with E-state index in [4.69, 9.17) is 10.3 Å². The molecule has 1 aromatic carbocycles. The number of nitrogens with two attached hydrogens (primary N) is 1. The Hall–Kier alpha value is -2.74. The minimum absolute atomic E-state index is 0.0760. The van der Waals surface area contributed by atoms with Crippen LogP contribution in [0, 0.1) is 0 Å². The van der Waals surface area contributed by atoms with Crippen LogP contribution in [0.15, 0.2) is 52.2 Å². The number of nitrogen functional groups attached to an aromatic ring is 1. The van der Waals surface area contributed by atoms with Gasteiger partial charge < -0.3 is 15.2 Å². The fourth-order valence-electron chi connectivity index (χ4n) is 3.08. The Bertz CT molecular complexity index is 922. The SMILES string of the molecule is CC(Sc1nnc(-c2ccco2)n1N)C(=O)N1CCc2ccccc2C1. The van der Waals surface area contributed by atoms with Gasteiger partial charge in [0.1, 0.15) is 0 Å². The van der Waals surface area contributed by atoms with Crippen LogP contribution in [-0.2, 0) is 17.8 Å². The van der Waals surface area contributed by atoms with E-state index in [0.29, 0.717) is 23.3 Å². The molecule has 7 nitrogen and oxygen atoms in total. The molecule has 2 N–H and O–H groups in total. The second-order valence-electron chi connectivity index (χ2n) is 6.19. The minimum atomic E-state index is -0.309. The lowest BCUT2D eigenvalue weighted by molar-refractivity contribution is -0.131. The highest BCUT2D eigenvalue weighted by Gasteiger charge is 2.27. The van der Waals surface area contributed by atoms with Gasteiger partial charge >= 0.3 is 0 Å². The zero-order valence-electron chi connectivity index (χ0n) is 14.3. The summed E-state index contributed by atoms with van der Waals surface area (Å²) in [6, 6.07) is 11.8. The van der Waals surface area contributed by atoms with Gasteiger partial charge in [0.2, 0.25) is 16.9 Å². The normalized spacial score (nSPS) is 14.9. The number of hydrogen-bond donors (Lipinski definition) is 1. The lowest BCUT2D eigenvalue weighted by Crippen LogP contribution is -2.40. The van der Waals surface area contributed by atoms with Crippen molar-refractivity contribution < 1.29 is 9.21 Å². The van der Waals surface area contributed by atoms with Crippen LogP contribution in [0.4, 0.5) is 0 Å². The van der Waals surface area contributed by atoms with Crippen molar-refractivity contribution >= 4 is 17.7 Å². The molecule has 2 aromatic heterocycles. The molecular weight excluding hydrogens is 350 g/mol. The van der Waals surface area contributed by atoms with Gasteiger partial charge in [-0.1, -0.05) is 36.0 Å². The number of benzene rings is 1. The number of rotatable bonds is 4. The maximum Gasteiger partial charge on any atom is 0.236 e. The van der Waals surface area contributed by atoms with E-state index in [2.05, 4.69) is 22.3 Å². The van der Waals surface area contributed by atoms with Gasteiger partial charge in [-0.15, -0.1) is 10.2 Å². The van der Waals surface area contributed by atoms with Crippen molar-refractivity contribution in [3.63, 3.8) is 0 Å². The maximum absolute atomic E-state index is 12.8. The molecule has 3 heterocycles. The molecule has 0 aliphatic carbocycles. The average Bonchev–Trinajstić information content (AvgIpc) is 3.31. The number of thioether (sulfide) groups is 1. The number of amides is 1. The molecule has 1 amide bonds. The molecule has 1 aliphatic rings. The summed E-state index contributed by atoms with van der Waals surface area (Å²) in [5.41, 5.74) is 2.54. The molecule has 3 aromatic rings. The molecule has 0 saturated carbocycles. The fourth-order valence-corrected chi connectivity index (χ4v) is 3.93. The van der Waals surface area contributed by atoms with Crippen LogP contribution < -0.4 is 5.84 Å². The first kappa shape index (κ1) is 16.7. The van der Waals surface area contributed by atoms with Gasteiger partial charge in [0.15, 0.2) is 5.76 Å². The highest BCUT2D eigenvalue weighted by molar-refractivity contribution is 8.00. The number of aromatic nitrogens is 3. The van der Waals surface area contributed by atoms with E-state index in [1.165, 1.54) is 27.6 Å². The number of furan rings is 1. The number of nitrogens with zero attached hydrogens (tertiary/aromatic N) is 4. The Kier molecular flexibility index (Phi) is 4.42. The second-order valence-corrected chi connectivity index (χ2v) is 7.50. The number of hydrogen-bond acceptors (Lipinski definition) is 6. The summed E-state index contributed by atoms with van der Waals surface area (Å²) in [5, 5.41) is 8.33. The topological polar surface area (TPSA) is 90.2 Å². The van der Waals surface area contributed by atoms with Crippen molar-refractivity contribution in [1.82, 2.24) is 19.8 Å². The zero-order chi connectivity index (χ0) is 18.1. The monoisotopic (exact) mass is 369 g/mol. The zero-order valence-corrected chi connectivity index (χ0v) is 15.1. The van der Waals surface area contributed by atoms with E-state index in [0.717, 1.165) is 13.0 Å². The van der Waals surface area contributed by atoms with Gasteiger partial charge in [0, 0.05) is 13.1 Å². The molecule has 134 valence electrons. The minimum Gasteiger partial charge on any atom is -0.461 e. The molecule has 1 atom stereocenters. The van der Waals surface area contributed by atoms with Crippen LogP contribution in [0.2, 0.25) is 0 Å². The van der Waals surface area contributed by atoms with E-state index in [1.54, 1.807) is 18.4 Å². The summed E-state index contributed by atoms with van der Waals surface area (Å²) < 4.78 is 6.67. The van der Waals surface area contributed by atoms with Crippen molar-refractivity contribution in [3.05, 3.63) is 53.8 Å². The first-order valence-corrected chi connectivity index (χ1v) is 9.28. The molecule has 0 bridgehead atoms. The van der Waals surface area contributed by atoms with Crippen molar-refractivity contribution in [2.24, 2.45) is 0 Å². The number of carbonyl (C=O) groups is 1. The quantitative estimate of drug-likeness (QED) is 0.561. The summed E-state index contributed by atoms with van der Waals surface area (Å²) in [7, 11) is 0. The maximum atomic E-state index is 12.8. The fraction of sp³-hybridized carbons (Fsp3) is 0.278. The van der Waals surface area contributed by atoms with E-state index in [1.807, 2.05) is 24.0 Å². The van der Waals surface area contributed by atoms with Gasteiger partial charge in [-0.05, 0) is 36.6 Å². The molecule has 26 heavy (non-hydrogen) atoms. The average molecular weight is 369 g/mol. The highest BCUT2D eigenvalue weighted by atomic mass is 32.2.